The van der Waals surface area contributed by atoms with Gasteiger partial charge in [-0.3, -0.25) is 18.7 Å². The summed E-state index contributed by atoms with van der Waals surface area (Å²) >= 11 is 5.81. The van der Waals surface area contributed by atoms with Crippen LogP contribution in [-0.2, 0) is 17.9 Å². The quantitative estimate of drug-likeness (QED) is 0.736. The lowest BCUT2D eigenvalue weighted by molar-refractivity contribution is -0.116. The minimum atomic E-state index is -0.531. The highest BCUT2D eigenvalue weighted by molar-refractivity contribution is 6.30. The van der Waals surface area contributed by atoms with Gasteiger partial charge in [0.05, 0.1) is 6.54 Å². The summed E-state index contributed by atoms with van der Waals surface area (Å²) in [6.45, 7) is 1.91. The second-order valence-electron chi connectivity index (χ2n) is 6.13. The summed E-state index contributed by atoms with van der Waals surface area (Å²) in [6.07, 6.45) is 1.45. The number of halogens is 1. The molecule has 3 aromatic rings. The molecule has 1 aromatic heterocycles. The standard InChI is InChI=1S/C20H18ClN3O3/c1-14-4-2-3-5-15(14)12-23-11-10-19(26)24(20(23)27)13-18(25)22-17-8-6-16(21)7-9-17/h2-11H,12-13H2,1H3,(H,22,25). The number of aromatic nitrogens is 2. The van der Waals surface area contributed by atoms with Gasteiger partial charge >= 0.3 is 5.69 Å². The molecule has 0 fully saturated rings. The van der Waals surface area contributed by atoms with Crippen molar-refractivity contribution in [3.05, 3.63) is 97.8 Å². The van der Waals surface area contributed by atoms with Crippen LogP contribution in [0.15, 0.2) is 70.4 Å². The molecule has 0 aliphatic heterocycles. The van der Waals surface area contributed by atoms with Crippen LogP contribution in [0.25, 0.3) is 0 Å². The summed E-state index contributed by atoms with van der Waals surface area (Å²) in [5.74, 6) is -0.467. The molecule has 138 valence electrons. The Morgan fingerprint density at radius 2 is 1.74 bits per heavy atom. The first-order valence-electron chi connectivity index (χ1n) is 8.34. The van der Waals surface area contributed by atoms with Crippen LogP contribution in [0.1, 0.15) is 11.1 Å². The maximum Gasteiger partial charge on any atom is 0.331 e. The number of rotatable bonds is 5. The molecular formula is C20H18ClN3O3. The van der Waals surface area contributed by atoms with E-state index in [1.54, 1.807) is 24.3 Å². The second-order valence-corrected chi connectivity index (χ2v) is 6.57. The largest absolute Gasteiger partial charge is 0.331 e. The molecule has 2 aromatic carbocycles. The van der Waals surface area contributed by atoms with Crippen molar-refractivity contribution in [1.29, 1.82) is 0 Å². The zero-order chi connectivity index (χ0) is 19.4. The van der Waals surface area contributed by atoms with Crippen LogP contribution in [0, 0.1) is 6.92 Å². The zero-order valence-electron chi connectivity index (χ0n) is 14.7. The Labute approximate surface area is 160 Å². The predicted octanol–water partition coefficient (Wildman–Crippen LogP) is 2.66. The van der Waals surface area contributed by atoms with E-state index in [1.165, 1.54) is 16.8 Å². The van der Waals surface area contributed by atoms with Crippen LogP contribution >= 0.6 is 11.6 Å². The van der Waals surface area contributed by atoms with Crippen molar-refractivity contribution < 1.29 is 4.79 Å². The molecule has 0 unspecified atom stereocenters. The summed E-state index contributed by atoms with van der Waals surface area (Å²) in [5, 5.41) is 3.19. The van der Waals surface area contributed by atoms with E-state index in [4.69, 9.17) is 11.6 Å². The first kappa shape index (κ1) is 18.7. The van der Waals surface area contributed by atoms with Crippen molar-refractivity contribution in [3.63, 3.8) is 0 Å². The van der Waals surface area contributed by atoms with Gasteiger partial charge in [-0.05, 0) is 42.3 Å². The van der Waals surface area contributed by atoms with Gasteiger partial charge in [-0.1, -0.05) is 35.9 Å². The molecule has 7 heteroatoms. The van der Waals surface area contributed by atoms with Gasteiger partial charge in [0.15, 0.2) is 0 Å². The zero-order valence-corrected chi connectivity index (χ0v) is 15.4. The van der Waals surface area contributed by atoms with E-state index < -0.39 is 17.2 Å². The monoisotopic (exact) mass is 383 g/mol. The lowest BCUT2D eigenvalue weighted by Gasteiger charge is -2.11. The SMILES string of the molecule is Cc1ccccc1Cn1ccc(=O)n(CC(=O)Nc2ccc(Cl)cc2)c1=O. The Balaban J connectivity index is 1.82. The Hall–Kier alpha value is -3.12. The number of benzene rings is 2. The Bertz CT molecular complexity index is 1080. The average molecular weight is 384 g/mol. The number of aryl methyl sites for hydroxylation is 1. The van der Waals surface area contributed by atoms with Gasteiger partial charge in [0.25, 0.3) is 5.56 Å². The molecular weight excluding hydrogens is 366 g/mol. The number of hydrogen-bond acceptors (Lipinski definition) is 3. The minimum Gasteiger partial charge on any atom is -0.325 e. The summed E-state index contributed by atoms with van der Waals surface area (Å²) in [5.41, 5.74) is 1.50. The first-order valence-corrected chi connectivity index (χ1v) is 8.72. The third-order valence-corrected chi connectivity index (χ3v) is 4.42. The van der Waals surface area contributed by atoms with Crippen LogP contribution < -0.4 is 16.6 Å². The van der Waals surface area contributed by atoms with Gasteiger partial charge in [-0.25, -0.2) is 4.79 Å². The molecule has 6 nitrogen and oxygen atoms in total. The molecule has 1 amide bonds. The number of nitrogens with one attached hydrogen (secondary N) is 1. The Kier molecular flexibility index (Phi) is 5.57. The van der Waals surface area contributed by atoms with E-state index in [0.717, 1.165) is 15.7 Å². The maximum atomic E-state index is 12.7. The molecule has 0 saturated carbocycles. The first-order chi connectivity index (χ1) is 12.9. The van der Waals surface area contributed by atoms with Crippen molar-refractivity contribution in [2.45, 2.75) is 20.0 Å². The van der Waals surface area contributed by atoms with Gasteiger partial charge in [-0.15, -0.1) is 0 Å². The molecule has 0 aliphatic rings. The van der Waals surface area contributed by atoms with Gasteiger partial charge in [0.2, 0.25) is 5.91 Å². The third kappa shape index (κ3) is 4.54. The number of anilines is 1. The van der Waals surface area contributed by atoms with E-state index in [-0.39, 0.29) is 6.54 Å². The van der Waals surface area contributed by atoms with Crippen molar-refractivity contribution in [1.82, 2.24) is 9.13 Å². The highest BCUT2D eigenvalue weighted by Crippen LogP contribution is 2.13. The second kappa shape index (κ2) is 8.05. The van der Waals surface area contributed by atoms with Crippen molar-refractivity contribution in [2.24, 2.45) is 0 Å². The number of nitrogens with zero attached hydrogens (tertiary/aromatic N) is 2. The van der Waals surface area contributed by atoms with Gasteiger partial charge < -0.3 is 5.32 Å². The number of carbonyl (C=O) groups excluding carboxylic acids is 1. The summed E-state index contributed by atoms with van der Waals surface area (Å²) in [7, 11) is 0. The molecule has 0 saturated heterocycles. The molecule has 0 atom stereocenters. The van der Waals surface area contributed by atoms with Crippen LogP contribution in [0.3, 0.4) is 0 Å². The highest BCUT2D eigenvalue weighted by Gasteiger charge is 2.11. The number of carbonyl (C=O) groups is 1. The van der Waals surface area contributed by atoms with Crippen LogP contribution in [-0.4, -0.2) is 15.0 Å². The summed E-state index contributed by atoms with van der Waals surface area (Å²) in [4.78, 5) is 37.0. The van der Waals surface area contributed by atoms with E-state index in [0.29, 0.717) is 17.3 Å². The molecule has 3 rings (SSSR count). The van der Waals surface area contributed by atoms with E-state index >= 15 is 0 Å². The van der Waals surface area contributed by atoms with Crippen LogP contribution in [0.4, 0.5) is 5.69 Å². The van der Waals surface area contributed by atoms with Crippen LogP contribution in [0.5, 0.6) is 0 Å². The van der Waals surface area contributed by atoms with E-state index in [9.17, 15) is 14.4 Å². The fraction of sp³-hybridized carbons (Fsp3) is 0.150. The molecule has 0 aliphatic carbocycles. The fourth-order valence-corrected chi connectivity index (χ4v) is 2.80. The van der Waals surface area contributed by atoms with Gasteiger partial charge in [0.1, 0.15) is 6.54 Å². The normalized spacial score (nSPS) is 10.6. The Morgan fingerprint density at radius 3 is 2.44 bits per heavy atom. The molecule has 1 heterocycles. The van der Waals surface area contributed by atoms with Gasteiger partial charge in [-0.2, -0.15) is 0 Å². The molecule has 0 radical (unpaired) electrons. The lowest BCUT2D eigenvalue weighted by atomic mass is 10.1. The number of amides is 1. The topological polar surface area (TPSA) is 73.1 Å². The van der Waals surface area contributed by atoms with Crippen molar-refractivity contribution in [3.8, 4) is 0 Å². The summed E-state index contributed by atoms with van der Waals surface area (Å²) in [6, 6.07) is 15.5. The van der Waals surface area contributed by atoms with E-state index in [1.807, 2.05) is 31.2 Å². The molecule has 27 heavy (non-hydrogen) atoms. The lowest BCUT2D eigenvalue weighted by Crippen LogP contribution is -2.41. The van der Waals surface area contributed by atoms with Gasteiger partial charge in [0, 0.05) is 23.0 Å². The highest BCUT2D eigenvalue weighted by atomic mass is 35.5. The molecule has 1 N–H and O–H groups in total. The van der Waals surface area contributed by atoms with Crippen LogP contribution in [0.2, 0.25) is 5.02 Å². The van der Waals surface area contributed by atoms with E-state index in [2.05, 4.69) is 5.32 Å². The minimum absolute atomic E-state index is 0.324. The average Bonchev–Trinajstić information content (AvgIpc) is 2.64. The predicted molar refractivity (Wildman–Crippen MR) is 105 cm³/mol. The maximum absolute atomic E-state index is 12.7. The van der Waals surface area contributed by atoms with Crippen molar-refractivity contribution >= 4 is 23.2 Å². The van der Waals surface area contributed by atoms with Crippen molar-refractivity contribution in [2.75, 3.05) is 5.32 Å². The molecule has 0 bridgehead atoms. The summed E-state index contributed by atoms with van der Waals surface area (Å²) < 4.78 is 2.34. The third-order valence-electron chi connectivity index (χ3n) is 4.17. The number of hydrogen-bond donors (Lipinski definition) is 1. The Morgan fingerprint density at radius 1 is 1.04 bits per heavy atom. The molecule has 0 spiro atoms. The fourth-order valence-electron chi connectivity index (χ4n) is 2.67. The smallest absolute Gasteiger partial charge is 0.325 e.